The van der Waals surface area contributed by atoms with E-state index >= 15 is 0 Å². The summed E-state index contributed by atoms with van der Waals surface area (Å²) in [6, 6.07) is 8.87. The van der Waals surface area contributed by atoms with Crippen molar-refractivity contribution in [2.75, 3.05) is 0 Å². The van der Waals surface area contributed by atoms with Crippen molar-refractivity contribution in [2.45, 2.75) is 25.9 Å². The van der Waals surface area contributed by atoms with E-state index in [0.717, 1.165) is 6.42 Å². The molecule has 2 aromatic rings. The zero-order valence-electron chi connectivity index (χ0n) is 11.7. The molecule has 0 amide bonds. The largest absolute Gasteiger partial charge is 0.409 e. The molecule has 0 fully saturated rings. The van der Waals surface area contributed by atoms with E-state index in [1.54, 1.807) is 23.5 Å². The van der Waals surface area contributed by atoms with Gasteiger partial charge in [-0.05, 0) is 23.9 Å². The van der Waals surface area contributed by atoms with Crippen LogP contribution in [-0.4, -0.2) is 11.0 Å². The van der Waals surface area contributed by atoms with E-state index in [2.05, 4.69) is 23.5 Å². The molecule has 112 valence electrons. The first-order valence-corrected chi connectivity index (χ1v) is 7.56. The molecule has 0 saturated heterocycles. The third kappa shape index (κ3) is 3.80. The van der Waals surface area contributed by atoms with E-state index in [9.17, 15) is 4.39 Å². The van der Waals surface area contributed by atoms with Gasteiger partial charge in [0.1, 0.15) is 5.82 Å². The van der Waals surface area contributed by atoms with Gasteiger partial charge in [0.2, 0.25) is 0 Å². The predicted octanol–water partition coefficient (Wildman–Crippen LogP) is 3.22. The minimum absolute atomic E-state index is 0.0987. The minimum Gasteiger partial charge on any atom is -0.409 e. The lowest BCUT2D eigenvalue weighted by atomic mass is 10.1. The molecule has 0 aliphatic carbocycles. The summed E-state index contributed by atoms with van der Waals surface area (Å²) in [5.41, 5.74) is 6.36. The highest BCUT2D eigenvalue weighted by atomic mass is 32.1. The average Bonchev–Trinajstić information content (AvgIpc) is 3.02. The van der Waals surface area contributed by atoms with Crippen molar-refractivity contribution in [1.29, 1.82) is 0 Å². The first-order chi connectivity index (χ1) is 10.2. The molecule has 4 N–H and O–H groups in total. The third-order valence-electron chi connectivity index (χ3n) is 3.29. The summed E-state index contributed by atoms with van der Waals surface area (Å²) in [5.74, 6) is -0.467. The number of oxime groups is 1. The lowest BCUT2D eigenvalue weighted by Crippen LogP contribution is -2.20. The number of rotatable bonds is 6. The number of nitrogens with one attached hydrogen (secondary N) is 1. The normalized spacial score (nSPS) is 13.3. The van der Waals surface area contributed by atoms with Crippen molar-refractivity contribution in [2.24, 2.45) is 10.9 Å². The maximum absolute atomic E-state index is 14.0. The quantitative estimate of drug-likeness (QED) is 0.332. The number of nitrogens with two attached hydrogens (primary N) is 1. The van der Waals surface area contributed by atoms with Crippen molar-refractivity contribution < 1.29 is 9.60 Å². The van der Waals surface area contributed by atoms with Crippen molar-refractivity contribution in [1.82, 2.24) is 5.32 Å². The molecule has 21 heavy (non-hydrogen) atoms. The number of halogens is 1. The summed E-state index contributed by atoms with van der Waals surface area (Å²) in [5, 5.41) is 16.8. The Bertz CT molecular complexity index is 613. The van der Waals surface area contributed by atoms with Crippen molar-refractivity contribution in [3.63, 3.8) is 0 Å². The van der Waals surface area contributed by atoms with Gasteiger partial charge in [0.05, 0.1) is 0 Å². The molecule has 1 atom stereocenters. The Kier molecular flexibility index (Phi) is 5.30. The number of hydrogen-bond donors (Lipinski definition) is 3. The van der Waals surface area contributed by atoms with E-state index in [0.29, 0.717) is 17.7 Å². The number of thiophene rings is 1. The molecular formula is C15H18FN3OS. The van der Waals surface area contributed by atoms with Crippen LogP contribution >= 0.6 is 11.3 Å². The summed E-state index contributed by atoms with van der Waals surface area (Å²) in [6.07, 6.45) is 0.935. The third-order valence-corrected chi connectivity index (χ3v) is 4.28. The molecule has 1 aromatic carbocycles. The van der Waals surface area contributed by atoms with E-state index in [1.807, 2.05) is 11.4 Å². The van der Waals surface area contributed by atoms with Gasteiger partial charge in [0.25, 0.3) is 0 Å². The van der Waals surface area contributed by atoms with Crippen LogP contribution < -0.4 is 11.1 Å². The Morgan fingerprint density at radius 1 is 1.48 bits per heavy atom. The lowest BCUT2D eigenvalue weighted by molar-refractivity contribution is 0.318. The molecule has 1 unspecified atom stereocenters. The van der Waals surface area contributed by atoms with Crippen LogP contribution in [0.3, 0.4) is 0 Å². The van der Waals surface area contributed by atoms with Crippen LogP contribution in [-0.2, 0) is 6.54 Å². The SMILES string of the molecule is CCC(NCc1ccc(C(N)=NO)cc1F)c1cccs1. The number of nitrogens with zero attached hydrogens (tertiary/aromatic N) is 1. The van der Waals surface area contributed by atoms with Gasteiger partial charge in [-0.25, -0.2) is 4.39 Å². The average molecular weight is 307 g/mol. The molecule has 6 heteroatoms. The van der Waals surface area contributed by atoms with E-state index in [1.165, 1.54) is 10.9 Å². The van der Waals surface area contributed by atoms with Crippen LogP contribution in [0.5, 0.6) is 0 Å². The molecule has 0 saturated carbocycles. The summed E-state index contributed by atoms with van der Waals surface area (Å²) in [4.78, 5) is 1.24. The monoisotopic (exact) mass is 307 g/mol. The Morgan fingerprint density at radius 2 is 2.29 bits per heavy atom. The van der Waals surface area contributed by atoms with Gasteiger partial charge >= 0.3 is 0 Å². The topological polar surface area (TPSA) is 70.6 Å². The molecule has 2 rings (SSSR count). The lowest BCUT2D eigenvalue weighted by Gasteiger charge is -2.16. The van der Waals surface area contributed by atoms with Gasteiger partial charge in [-0.3, -0.25) is 0 Å². The van der Waals surface area contributed by atoms with Crippen LogP contribution in [0.2, 0.25) is 0 Å². The molecule has 1 heterocycles. The maximum Gasteiger partial charge on any atom is 0.170 e. The fraction of sp³-hybridized carbons (Fsp3) is 0.267. The fourth-order valence-electron chi connectivity index (χ4n) is 2.08. The number of amidine groups is 1. The van der Waals surface area contributed by atoms with Crippen molar-refractivity contribution in [3.8, 4) is 0 Å². The smallest absolute Gasteiger partial charge is 0.170 e. The van der Waals surface area contributed by atoms with Crippen LogP contribution in [0, 0.1) is 5.82 Å². The van der Waals surface area contributed by atoms with Gasteiger partial charge in [0.15, 0.2) is 5.84 Å². The Labute approximate surface area is 127 Å². The number of hydrogen-bond acceptors (Lipinski definition) is 4. The Balaban J connectivity index is 2.06. The molecule has 0 bridgehead atoms. The van der Waals surface area contributed by atoms with Gasteiger partial charge in [-0.2, -0.15) is 0 Å². The molecule has 0 aliphatic heterocycles. The standard InChI is InChI=1S/C15H18FN3OS/c1-2-13(14-4-3-7-21-14)18-9-11-6-5-10(8-12(11)16)15(17)19-20/h3-8,13,18,20H,2,9H2,1H3,(H2,17,19). The predicted molar refractivity (Wildman–Crippen MR) is 83.1 cm³/mol. The molecule has 1 aromatic heterocycles. The first kappa shape index (κ1) is 15.5. The molecule has 0 spiro atoms. The molecule has 0 radical (unpaired) electrons. The second-order valence-electron chi connectivity index (χ2n) is 4.65. The first-order valence-electron chi connectivity index (χ1n) is 6.68. The second kappa shape index (κ2) is 7.19. The fourth-order valence-corrected chi connectivity index (χ4v) is 2.96. The zero-order valence-corrected chi connectivity index (χ0v) is 12.5. The van der Waals surface area contributed by atoms with E-state index < -0.39 is 0 Å². The van der Waals surface area contributed by atoms with Gasteiger partial charge < -0.3 is 16.3 Å². The highest BCUT2D eigenvalue weighted by molar-refractivity contribution is 7.10. The summed E-state index contributed by atoms with van der Waals surface area (Å²) < 4.78 is 14.0. The summed E-state index contributed by atoms with van der Waals surface area (Å²) in [7, 11) is 0. The Hall–Kier alpha value is -1.92. The van der Waals surface area contributed by atoms with Crippen LogP contribution in [0.15, 0.2) is 40.9 Å². The molecule has 0 aliphatic rings. The van der Waals surface area contributed by atoms with E-state index in [-0.39, 0.29) is 17.7 Å². The summed E-state index contributed by atoms with van der Waals surface area (Å²) in [6.45, 7) is 2.52. The minimum atomic E-state index is -0.368. The number of benzene rings is 1. The second-order valence-corrected chi connectivity index (χ2v) is 5.63. The maximum atomic E-state index is 14.0. The zero-order chi connectivity index (χ0) is 15.2. The molecule has 4 nitrogen and oxygen atoms in total. The molecular weight excluding hydrogens is 289 g/mol. The van der Waals surface area contributed by atoms with E-state index in [4.69, 9.17) is 10.9 Å². The van der Waals surface area contributed by atoms with Crippen LogP contribution in [0.4, 0.5) is 4.39 Å². The van der Waals surface area contributed by atoms with Crippen LogP contribution in [0.1, 0.15) is 35.4 Å². The van der Waals surface area contributed by atoms with Crippen LogP contribution in [0.25, 0.3) is 0 Å². The highest BCUT2D eigenvalue weighted by Crippen LogP contribution is 2.22. The Morgan fingerprint density at radius 3 is 2.86 bits per heavy atom. The highest BCUT2D eigenvalue weighted by Gasteiger charge is 2.12. The van der Waals surface area contributed by atoms with Crippen molar-refractivity contribution in [3.05, 3.63) is 57.5 Å². The van der Waals surface area contributed by atoms with Crippen molar-refractivity contribution >= 4 is 17.2 Å². The van der Waals surface area contributed by atoms with Gasteiger partial charge in [-0.1, -0.05) is 30.3 Å². The van der Waals surface area contributed by atoms with Gasteiger partial charge in [-0.15, -0.1) is 11.3 Å². The summed E-state index contributed by atoms with van der Waals surface area (Å²) >= 11 is 1.69. The van der Waals surface area contributed by atoms with Gasteiger partial charge in [0, 0.05) is 28.6 Å².